The lowest BCUT2D eigenvalue weighted by atomic mass is 10.1. The van der Waals surface area contributed by atoms with Gasteiger partial charge in [0.15, 0.2) is 0 Å². The molecule has 3 nitrogen and oxygen atoms in total. The number of aliphatic hydroxyl groups is 1. The Kier molecular flexibility index (Phi) is 3.65. The minimum absolute atomic E-state index is 0.261. The number of anilines is 1. The Morgan fingerprint density at radius 1 is 1.53 bits per heavy atom. The fourth-order valence-electron chi connectivity index (χ4n) is 2.47. The molecular weight excluding hydrogens is 212 g/mol. The minimum Gasteiger partial charge on any atom is -0.396 e. The topological polar surface area (TPSA) is 47.3 Å². The molecule has 1 fully saturated rings. The number of aliphatic hydroxyl groups excluding tert-OH is 1. The maximum atomic E-state index is 9.12. The van der Waals surface area contributed by atoms with E-state index >= 15 is 0 Å². The van der Waals surface area contributed by atoms with Gasteiger partial charge in [0.25, 0.3) is 0 Å². The third-order valence-electron chi connectivity index (χ3n) is 3.44. The standard InChI is InChI=1S/C14H18N2O/c1-11-2-3-13(9-15)14(8-11)16-6-4-12(10-16)5-7-17/h2-3,8,12,17H,4-7,10H2,1H3. The Labute approximate surface area is 102 Å². The maximum absolute atomic E-state index is 9.12. The van der Waals surface area contributed by atoms with Crippen molar-refractivity contribution in [1.82, 2.24) is 0 Å². The summed E-state index contributed by atoms with van der Waals surface area (Å²) in [5.74, 6) is 0.562. The van der Waals surface area contributed by atoms with Crippen LogP contribution in [0.4, 0.5) is 5.69 Å². The molecule has 1 aromatic rings. The highest BCUT2D eigenvalue weighted by molar-refractivity contribution is 5.61. The van der Waals surface area contributed by atoms with E-state index in [2.05, 4.69) is 17.0 Å². The molecule has 0 bridgehead atoms. The van der Waals surface area contributed by atoms with Crippen LogP contribution in [-0.2, 0) is 0 Å². The van der Waals surface area contributed by atoms with E-state index < -0.39 is 0 Å². The molecular formula is C14H18N2O. The van der Waals surface area contributed by atoms with Crippen molar-refractivity contribution < 1.29 is 5.11 Å². The first-order valence-electron chi connectivity index (χ1n) is 6.11. The molecule has 1 atom stereocenters. The van der Waals surface area contributed by atoms with E-state index in [9.17, 15) is 0 Å². The monoisotopic (exact) mass is 230 g/mol. The van der Waals surface area contributed by atoms with E-state index in [1.807, 2.05) is 19.1 Å². The summed E-state index contributed by atoms with van der Waals surface area (Å²) in [7, 11) is 0. The molecule has 17 heavy (non-hydrogen) atoms. The van der Waals surface area contributed by atoms with E-state index in [1.165, 1.54) is 5.56 Å². The lowest BCUT2D eigenvalue weighted by Crippen LogP contribution is -2.21. The first-order valence-corrected chi connectivity index (χ1v) is 6.11. The molecule has 0 aromatic heterocycles. The van der Waals surface area contributed by atoms with Crippen molar-refractivity contribution in [2.75, 3.05) is 24.6 Å². The van der Waals surface area contributed by atoms with Crippen LogP contribution in [0.3, 0.4) is 0 Å². The summed E-state index contributed by atoms with van der Waals surface area (Å²) < 4.78 is 0. The van der Waals surface area contributed by atoms with E-state index in [0.29, 0.717) is 5.92 Å². The second-order valence-corrected chi connectivity index (χ2v) is 4.75. The van der Waals surface area contributed by atoms with Crippen LogP contribution in [-0.4, -0.2) is 24.8 Å². The van der Waals surface area contributed by atoms with Crippen LogP contribution in [0.25, 0.3) is 0 Å². The van der Waals surface area contributed by atoms with Gasteiger partial charge in [-0.05, 0) is 43.4 Å². The highest BCUT2D eigenvalue weighted by Gasteiger charge is 2.23. The summed E-state index contributed by atoms with van der Waals surface area (Å²) in [6.45, 7) is 4.25. The fraction of sp³-hybridized carbons (Fsp3) is 0.500. The van der Waals surface area contributed by atoms with Gasteiger partial charge in [-0.1, -0.05) is 6.07 Å². The number of hydrogen-bond acceptors (Lipinski definition) is 3. The van der Waals surface area contributed by atoms with Gasteiger partial charge in [0, 0.05) is 19.7 Å². The van der Waals surface area contributed by atoms with Crippen LogP contribution in [0.1, 0.15) is 24.0 Å². The molecule has 0 amide bonds. The summed E-state index contributed by atoms with van der Waals surface area (Å²) in [5.41, 5.74) is 2.98. The van der Waals surface area contributed by atoms with Gasteiger partial charge >= 0.3 is 0 Å². The predicted octanol–water partition coefficient (Wildman–Crippen LogP) is 2.08. The maximum Gasteiger partial charge on any atom is 0.101 e. The molecule has 0 spiro atoms. The highest BCUT2D eigenvalue weighted by atomic mass is 16.3. The molecule has 1 aliphatic rings. The SMILES string of the molecule is Cc1ccc(C#N)c(N2CCC(CCO)C2)c1. The first kappa shape index (κ1) is 11.9. The summed E-state index contributed by atoms with van der Waals surface area (Å²) >= 11 is 0. The molecule has 0 aliphatic carbocycles. The van der Waals surface area contributed by atoms with Crippen LogP contribution in [0.15, 0.2) is 18.2 Å². The number of aryl methyl sites for hydroxylation is 1. The molecule has 3 heteroatoms. The van der Waals surface area contributed by atoms with Gasteiger partial charge in [0.05, 0.1) is 11.3 Å². The lowest BCUT2D eigenvalue weighted by Gasteiger charge is -2.20. The summed E-state index contributed by atoms with van der Waals surface area (Å²) in [6.07, 6.45) is 1.98. The number of rotatable bonds is 3. The average Bonchev–Trinajstić information content (AvgIpc) is 2.78. The Morgan fingerprint density at radius 3 is 3.06 bits per heavy atom. The van der Waals surface area contributed by atoms with Crippen molar-refractivity contribution in [2.45, 2.75) is 19.8 Å². The number of benzene rings is 1. The van der Waals surface area contributed by atoms with Crippen LogP contribution >= 0.6 is 0 Å². The van der Waals surface area contributed by atoms with Gasteiger partial charge in [0.2, 0.25) is 0 Å². The van der Waals surface area contributed by atoms with E-state index in [4.69, 9.17) is 10.4 Å². The van der Waals surface area contributed by atoms with E-state index in [1.54, 1.807) is 0 Å². The molecule has 1 N–H and O–H groups in total. The van der Waals surface area contributed by atoms with Gasteiger partial charge < -0.3 is 10.0 Å². The molecule has 1 aromatic carbocycles. The van der Waals surface area contributed by atoms with Gasteiger partial charge in [-0.3, -0.25) is 0 Å². The van der Waals surface area contributed by atoms with Crippen molar-refractivity contribution in [3.8, 4) is 6.07 Å². The molecule has 2 rings (SSSR count). The quantitative estimate of drug-likeness (QED) is 0.864. The Morgan fingerprint density at radius 2 is 2.35 bits per heavy atom. The Hall–Kier alpha value is -1.53. The van der Waals surface area contributed by atoms with Crippen molar-refractivity contribution in [3.05, 3.63) is 29.3 Å². The fourth-order valence-corrected chi connectivity index (χ4v) is 2.47. The van der Waals surface area contributed by atoms with Gasteiger partial charge in [-0.25, -0.2) is 0 Å². The normalized spacial score (nSPS) is 19.4. The number of nitrogens with zero attached hydrogens (tertiary/aromatic N) is 2. The second-order valence-electron chi connectivity index (χ2n) is 4.75. The molecule has 0 radical (unpaired) electrons. The number of hydrogen-bond donors (Lipinski definition) is 1. The predicted molar refractivity (Wildman–Crippen MR) is 67.9 cm³/mol. The van der Waals surface area contributed by atoms with E-state index in [-0.39, 0.29) is 6.61 Å². The number of nitriles is 1. The van der Waals surface area contributed by atoms with E-state index in [0.717, 1.165) is 37.2 Å². The zero-order valence-corrected chi connectivity index (χ0v) is 10.2. The minimum atomic E-state index is 0.261. The van der Waals surface area contributed by atoms with Gasteiger partial charge in [-0.2, -0.15) is 5.26 Å². The Balaban J connectivity index is 2.18. The van der Waals surface area contributed by atoms with Crippen LogP contribution < -0.4 is 4.90 Å². The van der Waals surface area contributed by atoms with Gasteiger partial charge in [0.1, 0.15) is 6.07 Å². The van der Waals surface area contributed by atoms with Gasteiger partial charge in [-0.15, -0.1) is 0 Å². The molecule has 1 heterocycles. The molecule has 0 saturated carbocycles. The average molecular weight is 230 g/mol. The zero-order chi connectivity index (χ0) is 12.3. The third kappa shape index (κ3) is 2.59. The van der Waals surface area contributed by atoms with Crippen molar-refractivity contribution >= 4 is 5.69 Å². The second kappa shape index (κ2) is 5.20. The first-order chi connectivity index (χ1) is 8.24. The lowest BCUT2D eigenvalue weighted by molar-refractivity contribution is 0.263. The largest absolute Gasteiger partial charge is 0.396 e. The summed E-state index contributed by atoms with van der Waals surface area (Å²) in [4.78, 5) is 2.27. The van der Waals surface area contributed by atoms with Crippen molar-refractivity contribution in [3.63, 3.8) is 0 Å². The van der Waals surface area contributed by atoms with Crippen LogP contribution in [0, 0.1) is 24.2 Å². The molecule has 1 unspecified atom stereocenters. The Bertz CT molecular complexity index is 436. The third-order valence-corrected chi connectivity index (χ3v) is 3.44. The highest BCUT2D eigenvalue weighted by Crippen LogP contribution is 2.28. The smallest absolute Gasteiger partial charge is 0.101 e. The molecule has 1 aliphatic heterocycles. The summed E-state index contributed by atoms with van der Waals surface area (Å²) in [6, 6.07) is 8.21. The molecule has 90 valence electrons. The van der Waals surface area contributed by atoms with Crippen molar-refractivity contribution in [2.24, 2.45) is 5.92 Å². The zero-order valence-electron chi connectivity index (χ0n) is 10.2. The molecule has 1 saturated heterocycles. The van der Waals surface area contributed by atoms with Crippen LogP contribution in [0.5, 0.6) is 0 Å². The van der Waals surface area contributed by atoms with Crippen LogP contribution in [0.2, 0.25) is 0 Å². The summed E-state index contributed by atoms with van der Waals surface area (Å²) in [5, 5.41) is 18.1. The van der Waals surface area contributed by atoms with Crippen molar-refractivity contribution in [1.29, 1.82) is 5.26 Å².